The van der Waals surface area contributed by atoms with E-state index < -0.39 is 0 Å². The SMILES string of the molecule is O=C1CCC(C(=O)N(Cc2cccnc2)C2CC2)=NN1. The number of aromatic nitrogens is 1. The van der Waals surface area contributed by atoms with Gasteiger partial charge in [-0.2, -0.15) is 5.10 Å². The van der Waals surface area contributed by atoms with Gasteiger partial charge in [-0.1, -0.05) is 6.07 Å². The number of carbonyl (C=O) groups is 2. The zero-order valence-electron chi connectivity index (χ0n) is 11.1. The third-order valence-electron chi connectivity index (χ3n) is 3.48. The third kappa shape index (κ3) is 2.84. The number of carbonyl (C=O) groups excluding carboxylic acids is 2. The topological polar surface area (TPSA) is 74.7 Å². The van der Waals surface area contributed by atoms with Crippen LogP contribution in [0.5, 0.6) is 0 Å². The van der Waals surface area contributed by atoms with Crippen LogP contribution >= 0.6 is 0 Å². The third-order valence-corrected chi connectivity index (χ3v) is 3.48. The summed E-state index contributed by atoms with van der Waals surface area (Å²) < 4.78 is 0. The Kier molecular flexibility index (Phi) is 3.45. The molecule has 0 aromatic carbocycles. The molecule has 2 amide bonds. The van der Waals surface area contributed by atoms with Crippen molar-refractivity contribution in [2.45, 2.75) is 38.3 Å². The van der Waals surface area contributed by atoms with Gasteiger partial charge in [-0.3, -0.25) is 14.6 Å². The smallest absolute Gasteiger partial charge is 0.270 e. The van der Waals surface area contributed by atoms with Gasteiger partial charge in [0.1, 0.15) is 5.71 Å². The minimum atomic E-state index is -0.133. The molecule has 1 aromatic rings. The normalized spacial score (nSPS) is 18.2. The van der Waals surface area contributed by atoms with Gasteiger partial charge in [-0.25, -0.2) is 5.43 Å². The van der Waals surface area contributed by atoms with Crippen molar-refractivity contribution in [1.29, 1.82) is 0 Å². The van der Waals surface area contributed by atoms with Gasteiger partial charge in [0.2, 0.25) is 5.91 Å². The van der Waals surface area contributed by atoms with Gasteiger partial charge < -0.3 is 4.90 Å². The maximum absolute atomic E-state index is 12.5. The van der Waals surface area contributed by atoms with E-state index in [9.17, 15) is 9.59 Å². The molecule has 2 aliphatic rings. The second kappa shape index (κ2) is 5.40. The molecule has 2 heterocycles. The van der Waals surface area contributed by atoms with Crippen LogP contribution in [0.3, 0.4) is 0 Å². The van der Waals surface area contributed by atoms with Crippen molar-refractivity contribution >= 4 is 17.5 Å². The molecule has 1 fully saturated rings. The predicted molar refractivity (Wildman–Crippen MR) is 72.6 cm³/mol. The Morgan fingerprint density at radius 3 is 2.85 bits per heavy atom. The van der Waals surface area contributed by atoms with Crippen molar-refractivity contribution in [2.75, 3.05) is 0 Å². The molecule has 6 heteroatoms. The molecule has 3 rings (SSSR count). The summed E-state index contributed by atoms with van der Waals surface area (Å²) in [4.78, 5) is 29.5. The van der Waals surface area contributed by atoms with E-state index in [1.54, 1.807) is 12.4 Å². The number of nitrogens with zero attached hydrogens (tertiary/aromatic N) is 3. The molecule has 0 unspecified atom stereocenters. The van der Waals surface area contributed by atoms with Crippen LogP contribution in [0.1, 0.15) is 31.2 Å². The minimum absolute atomic E-state index is 0.0728. The standard InChI is InChI=1S/C14H16N4O2/c19-13-6-5-12(16-17-13)14(20)18(11-3-4-11)9-10-2-1-7-15-8-10/h1-2,7-8,11H,3-6,9H2,(H,17,19). The Labute approximate surface area is 116 Å². The molecular formula is C14H16N4O2. The van der Waals surface area contributed by atoms with Crippen LogP contribution in [0.2, 0.25) is 0 Å². The van der Waals surface area contributed by atoms with Crippen LogP contribution in [0, 0.1) is 0 Å². The Morgan fingerprint density at radius 2 is 2.25 bits per heavy atom. The quantitative estimate of drug-likeness (QED) is 0.882. The second-order valence-electron chi connectivity index (χ2n) is 5.12. The molecular weight excluding hydrogens is 256 g/mol. The number of rotatable bonds is 4. The lowest BCUT2D eigenvalue weighted by Crippen LogP contribution is -2.41. The molecule has 0 radical (unpaired) electrons. The summed E-state index contributed by atoms with van der Waals surface area (Å²) in [5, 5.41) is 3.89. The minimum Gasteiger partial charge on any atom is -0.330 e. The van der Waals surface area contributed by atoms with Crippen LogP contribution in [0.4, 0.5) is 0 Å². The summed E-state index contributed by atoms with van der Waals surface area (Å²) >= 11 is 0. The van der Waals surface area contributed by atoms with Crippen molar-refractivity contribution in [3.63, 3.8) is 0 Å². The van der Waals surface area contributed by atoms with Gasteiger partial charge in [0.15, 0.2) is 0 Å². The Hall–Kier alpha value is -2.24. The first-order valence-corrected chi connectivity index (χ1v) is 6.79. The van der Waals surface area contributed by atoms with E-state index in [4.69, 9.17) is 0 Å². The summed E-state index contributed by atoms with van der Waals surface area (Å²) in [5.41, 5.74) is 3.83. The lowest BCUT2D eigenvalue weighted by atomic mass is 10.1. The van der Waals surface area contributed by atoms with Crippen molar-refractivity contribution in [2.24, 2.45) is 5.10 Å². The molecule has 0 saturated heterocycles. The maximum Gasteiger partial charge on any atom is 0.270 e. The largest absolute Gasteiger partial charge is 0.330 e. The van der Waals surface area contributed by atoms with Crippen LogP contribution in [0.25, 0.3) is 0 Å². The fraction of sp³-hybridized carbons (Fsp3) is 0.429. The van der Waals surface area contributed by atoms with E-state index in [2.05, 4.69) is 15.5 Å². The number of hydrogen-bond acceptors (Lipinski definition) is 4. The average Bonchev–Trinajstić information content (AvgIpc) is 3.30. The first-order chi connectivity index (χ1) is 9.74. The van der Waals surface area contributed by atoms with Crippen molar-refractivity contribution in [1.82, 2.24) is 15.3 Å². The fourth-order valence-corrected chi connectivity index (χ4v) is 2.24. The zero-order valence-corrected chi connectivity index (χ0v) is 11.1. The highest BCUT2D eigenvalue weighted by Gasteiger charge is 2.35. The summed E-state index contributed by atoms with van der Waals surface area (Å²) in [6.07, 6.45) is 6.30. The molecule has 0 atom stereocenters. The molecule has 1 saturated carbocycles. The summed E-state index contributed by atoms with van der Waals surface area (Å²) in [6, 6.07) is 4.12. The van der Waals surface area contributed by atoms with E-state index >= 15 is 0 Å². The van der Waals surface area contributed by atoms with Crippen molar-refractivity contribution in [3.8, 4) is 0 Å². The summed E-state index contributed by atoms with van der Waals surface area (Å²) in [5.74, 6) is -0.205. The molecule has 20 heavy (non-hydrogen) atoms. The van der Waals surface area contributed by atoms with Crippen molar-refractivity contribution < 1.29 is 9.59 Å². The first kappa shape index (κ1) is 12.8. The monoisotopic (exact) mass is 272 g/mol. The fourth-order valence-electron chi connectivity index (χ4n) is 2.24. The van der Waals surface area contributed by atoms with E-state index in [0.29, 0.717) is 31.1 Å². The highest BCUT2D eigenvalue weighted by molar-refractivity contribution is 6.39. The Bertz CT molecular complexity index is 552. The van der Waals surface area contributed by atoms with E-state index in [-0.39, 0.29) is 11.8 Å². The molecule has 104 valence electrons. The molecule has 1 aromatic heterocycles. The van der Waals surface area contributed by atoms with E-state index in [1.807, 2.05) is 17.0 Å². The molecule has 1 aliphatic heterocycles. The highest BCUT2D eigenvalue weighted by Crippen LogP contribution is 2.29. The zero-order chi connectivity index (χ0) is 13.9. The summed E-state index contributed by atoms with van der Waals surface area (Å²) in [7, 11) is 0. The van der Waals surface area contributed by atoms with E-state index in [1.165, 1.54) is 0 Å². The Balaban J connectivity index is 1.74. The molecule has 1 aliphatic carbocycles. The van der Waals surface area contributed by atoms with E-state index in [0.717, 1.165) is 18.4 Å². The van der Waals surface area contributed by atoms with Gasteiger partial charge in [-0.05, 0) is 24.5 Å². The van der Waals surface area contributed by atoms with Crippen LogP contribution in [-0.2, 0) is 16.1 Å². The van der Waals surface area contributed by atoms with Crippen molar-refractivity contribution in [3.05, 3.63) is 30.1 Å². The van der Waals surface area contributed by atoms with Crippen LogP contribution in [-0.4, -0.2) is 33.5 Å². The molecule has 1 N–H and O–H groups in total. The number of pyridine rings is 1. The molecule has 0 bridgehead atoms. The number of hydrogen-bond donors (Lipinski definition) is 1. The van der Waals surface area contributed by atoms with Crippen LogP contribution in [0.15, 0.2) is 29.6 Å². The molecule has 6 nitrogen and oxygen atoms in total. The van der Waals surface area contributed by atoms with Crippen LogP contribution < -0.4 is 5.43 Å². The van der Waals surface area contributed by atoms with Gasteiger partial charge in [0, 0.05) is 37.8 Å². The lowest BCUT2D eigenvalue weighted by Gasteiger charge is -2.24. The van der Waals surface area contributed by atoms with Gasteiger partial charge in [0.05, 0.1) is 0 Å². The Morgan fingerprint density at radius 1 is 1.40 bits per heavy atom. The predicted octanol–water partition coefficient (Wildman–Crippen LogP) is 0.839. The number of nitrogens with one attached hydrogen (secondary N) is 1. The first-order valence-electron chi connectivity index (χ1n) is 6.79. The number of hydrazone groups is 1. The molecule has 0 spiro atoms. The summed E-state index contributed by atoms with van der Waals surface area (Å²) in [6.45, 7) is 0.546. The maximum atomic E-state index is 12.5. The second-order valence-corrected chi connectivity index (χ2v) is 5.12. The lowest BCUT2D eigenvalue weighted by molar-refractivity contribution is -0.125. The van der Waals surface area contributed by atoms with Gasteiger partial charge in [-0.15, -0.1) is 0 Å². The van der Waals surface area contributed by atoms with Gasteiger partial charge in [0.25, 0.3) is 5.91 Å². The average molecular weight is 272 g/mol. The number of amides is 2. The highest BCUT2D eigenvalue weighted by atomic mass is 16.2. The van der Waals surface area contributed by atoms with Gasteiger partial charge >= 0.3 is 0 Å².